The first-order valence-corrected chi connectivity index (χ1v) is 8.87. The van der Waals surface area contributed by atoms with Gasteiger partial charge in [-0.05, 0) is 19.4 Å². The number of carbonyl (C=O) groups is 1. The number of rotatable bonds is 3. The van der Waals surface area contributed by atoms with Gasteiger partial charge in [-0.2, -0.15) is 5.10 Å². The van der Waals surface area contributed by atoms with Gasteiger partial charge in [-0.15, -0.1) is 0 Å². The third-order valence-electron chi connectivity index (χ3n) is 5.10. The minimum Gasteiger partial charge on any atom is -0.352 e. The highest BCUT2D eigenvalue weighted by Gasteiger charge is 2.32. The lowest BCUT2D eigenvalue weighted by atomic mass is 10.1. The Morgan fingerprint density at radius 3 is 2.88 bits per heavy atom. The maximum atomic E-state index is 11.9. The fourth-order valence-corrected chi connectivity index (χ4v) is 3.70. The van der Waals surface area contributed by atoms with Crippen molar-refractivity contribution in [3.8, 4) is 0 Å². The number of hydrogen-bond acceptors (Lipinski definition) is 6. The number of anilines is 2. The highest BCUT2D eigenvalue weighted by atomic mass is 16.2. The molecule has 0 saturated carbocycles. The van der Waals surface area contributed by atoms with Gasteiger partial charge in [0.2, 0.25) is 5.91 Å². The number of pyridine rings is 1. The average molecular weight is 349 g/mol. The van der Waals surface area contributed by atoms with Crippen LogP contribution in [0.15, 0.2) is 30.9 Å². The Hall–Kier alpha value is -3.03. The van der Waals surface area contributed by atoms with E-state index in [4.69, 9.17) is 0 Å². The lowest BCUT2D eigenvalue weighted by molar-refractivity contribution is -0.117. The summed E-state index contributed by atoms with van der Waals surface area (Å²) in [4.78, 5) is 29.2. The van der Waals surface area contributed by atoms with Gasteiger partial charge in [-0.3, -0.25) is 14.5 Å². The van der Waals surface area contributed by atoms with Crippen molar-refractivity contribution in [2.75, 3.05) is 29.4 Å². The summed E-state index contributed by atoms with van der Waals surface area (Å²) in [6.45, 7) is 4.37. The molecule has 2 aliphatic heterocycles. The molecule has 2 fully saturated rings. The van der Waals surface area contributed by atoms with Gasteiger partial charge >= 0.3 is 0 Å². The number of aromatic nitrogens is 5. The summed E-state index contributed by atoms with van der Waals surface area (Å²) in [7, 11) is 0. The zero-order chi connectivity index (χ0) is 17.7. The Bertz CT molecular complexity index is 992. The first kappa shape index (κ1) is 15.2. The summed E-state index contributed by atoms with van der Waals surface area (Å²) in [6.07, 6.45) is 8.89. The zero-order valence-corrected chi connectivity index (χ0v) is 14.5. The third kappa shape index (κ3) is 2.40. The van der Waals surface area contributed by atoms with E-state index in [1.165, 1.54) is 0 Å². The van der Waals surface area contributed by atoms with Crippen molar-refractivity contribution in [1.29, 1.82) is 0 Å². The van der Waals surface area contributed by atoms with Crippen LogP contribution in [0.3, 0.4) is 0 Å². The van der Waals surface area contributed by atoms with Crippen molar-refractivity contribution in [1.82, 2.24) is 24.7 Å². The van der Waals surface area contributed by atoms with E-state index < -0.39 is 0 Å². The average Bonchev–Trinajstić information content (AvgIpc) is 3.22. The predicted molar refractivity (Wildman–Crippen MR) is 97.1 cm³/mol. The Labute approximate surface area is 150 Å². The second-order valence-corrected chi connectivity index (χ2v) is 6.87. The summed E-state index contributed by atoms with van der Waals surface area (Å²) in [5.41, 5.74) is 1.77. The Kier molecular flexibility index (Phi) is 3.37. The summed E-state index contributed by atoms with van der Waals surface area (Å²) in [6, 6.07) is 2.25. The number of hydrogen-bond donors (Lipinski definition) is 0. The number of nitrogens with zero attached hydrogens (tertiary/aromatic N) is 7. The molecule has 0 aliphatic carbocycles. The molecule has 0 spiro atoms. The van der Waals surface area contributed by atoms with E-state index in [0.29, 0.717) is 6.42 Å². The normalized spacial score (nSPS) is 18.0. The summed E-state index contributed by atoms with van der Waals surface area (Å²) in [5.74, 6) is 1.89. The topological polar surface area (TPSA) is 80.0 Å². The van der Waals surface area contributed by atoms with Gasteiger partial charge in [0.25, 0.3) is 0 Å². The lowest BCUT2D eigenvalue weighted by Crippen LogP contribution is -2.48. The van der Waals surface area contributed by atoms with Crippen LogP contribution < -0.4 is 9.80 Å². The SMILES string of the molecule is Cc1nc(N2CC(n3cc(N4CCCC4=O)cn3)C2)c2ccncc2n1. The van der Waals surface area contributed by atoms with E-state index in [0.717, 1.165) is 54.3 Å². The van der Waals surface area contributed by atoms with Crippen molar-refractivity contribution >= 4 is 28.3 Å². The molecule has 1 amide bonds. The molecule has 3 aromatic rings. The van der Waals surface area contributed by atoms with Crippen molar-refractivity contribution < 1.29 is 4.79 Å². The molecule has 0 radical (unpaired) electrons. The maximum Gasteiger partial charge on any atom is 0.227 e. The smallest absolute Gasteiger partial charge is 0.227 e. The van der Waals surface area contributed by atoms with Crippen molar-refractivity contribution in [3.63, 3.8) is 0 Å². The number of fused-ring (bicyclic) bond motifs is 1. The Morgan fingerprint density at radius 2 is 2.08 bits per heavy atom. The molecule has 5 rings (SSSR count). The molecule has 2 aliphatic rings. The van der Waals surface area contributed by atoms with Gasteiger partial charge in [-0.1, -0.05) is 0 Å². The lowest BCUT2D eigenvalue weighted by Gasteiger charge is -2.40. The molecule has 8 heteroatoms. The molecule has 0 atom stereocenters. The van der Waals surface area contributed by atoms with Crippen LogP contribution in [0.25, 0.3) is 10.9 Å². The highest BCUT2D eigenvalue weighted by molar-refractivity contribution is 5.95. The summed E-state index contributed by atoms with van der Waals surface area (Å²) < 4.78 is 1.97. The minimum absolute atomic E-state index is 0.191. The van der Waals surface area contributed by atoms with Gasteiger partial charge < -0.3 is 9.80 Å². The van der Waals surface area contributed by atoms with Gasteiger partial charge in [0.05, 0.1) is 29.6 Å². The van der Waals surface area contributed by atoms with Crippen LogP contribution in [0.2, 0.25) is 0 Å². The fraction of sp³-hybridized carbons (Fsp3) is 0.389. The van der Waals surface area contributed by atoms with Crippen LogP contribution in [0.4, 0.5) is 11.5 Å². The van der Waals surface area contributed by atoms with Crippen LogP contribution >= 0.6 is 0 Å². The van der Waals surface area contributed by atoms with Crippen LogP contribution in [0, 0.1) is 6.92 Å². The number of amides is 1. The zero-order valence-electron chi connectivity index (χ0n) is 14.5. The van der Waals surface area contributed by atoms with Crippen LogP contribution in [-0.2, 0) is 4.79 Å². The van der Waals surface area contributed by atoms with E-state index in [1.54, 1.807) is 18.6 Å². The van der Waals surface area contributed by atoms with E-state index >= 15 is 0 Å². The molecule has 0 aromatic carbocycles. The molecular weight excluding hydrogens is 330 g/mol. The van der Waals surface area contributed by atoms with Gasteiger partial charge in [0.1, 0.15) is 11.6 Å². The van der Waals surface area contributed by atoms with E-state index in [1.807, 2.05) is 28.8 Å². The Balaban J connectivity index is 1.35. The van der Waals surface area contributed by atoms with Crippen LogP contribution in [0.1, 0.15) is 24.7 Å². The summed E-state index contributed by atoms with van der Waals surface area (Å²) in [5, 5.41) is 5.50. The van der Waals surface area contributed by atoms with E-state index in [9.17, 15) is 4.79 Å². The van der Waals surface area contributed by atoms with Gasteiger partial charge in [0.15, 0.2) is 0 Å². The highest BCUT2D eigenvalue weighted by Crippen LogP contribution is 2.32. The van der Waals surface area contributed by atoms with E-state index in [-0.39, 0.29) is 11.9 Å². The molecule has 3 aromatic heterocycles. The molecule has 2 saturated heterocycles. The standard InChI is InChI=1S/C18H19N7O/c1-12-21-16-8-19-5-4-15(16)18(22-12)23-9-14(10-23)25-11-13(7-20-25)24-6-2-3-17(24)26/h4-5,7-8,11,14H,2-3,6,9-10H2,1H3. The van der Waals surface area contributed by atoms with E-state index in [2.05, 4.69) is 25.0 Å². The first-order chi connectivity index (χ1) is 12.7. The van der Waals surface area contributed by atoms with Crippen molar-refractivity contribution in [2.24, 2.45) is 0 Å². The summed E-state index contributed by atoms with van der Waals surface area (Å²) >= 11 is 0. The molecule has 0 bridgehead atoms. The fourth-order valence-electron chi connectivity index (χ4n) is 3.70. The largest absolute Gasteiger partial charge is 0.352 e. The monoisotopic (exact) mass is 349 g/mol. The first-order valence-electron chi connectivity index (χ1n) is 8.87. The number of carbonyl (C=O) groups excluding carboxylic acids is 1. The quantitative estimate of drug-likeness (QED) is 0.716. The minimum atomic E-state index is 0.191. The molecule has 132 valence electrons. The van der Waals surface area contributed by atoms with Crippen LogP contribution in [-0.4, -0.2) is 50.3 Å². The molecule has 26 heavy (non-hydrogen) atoms. The number of aryl methyl sites for hydroxylation is 1. The third-order valence-corrected chi connectivity index (χ3v) is 5.10. The molecule has 8 nitrogen and oxygen atoms in total. The molecule has 0 N–H and O–H groups in total. The maximum absolute atomic E-state index is 11.9. The van der Waals surface area contributed by atoms with Crippen molar-refractivity contribution in [2.45, 2.75) is 25.8 Å². The Morgan fingerprint density at radius 1 is 1.19 bits per heavy atom. The molecule has 5 heterocycles. The molecular formula is C18H19N7O. The van der Waals surface area contributed by atoms with Gasteiger partial charge in [0, 0.05) is 43.8 Å². The predicted octanol–water partition coefficient (Wildman–Crippen LogP) is 1.72. The van der Waals surface area contributed by atoms with Crippen molar-refractivity contribution in [3.05, 3.63) is 36.7 Å². The van der Waals surface area contributed by atoms with Gasteiger partial charge in [-0.25, -0.2) is 9.97 Å². The second-order valence-electron chi connectivity index (χ2n) is 6.87. The second kappa shape index (κ2) is 5.76. The molecule has 0 unspecified atom stereocenters. The van der Waals surface area contributed by atoms with Crippen LogP contribution in [0.5, 0.6) is 0 Å².